The predicted molar refractivity (Wildman–Crippen MR) is 75.8 cm³/mol. The second-order valence-electron chi connectivity index (χ2n) is 4.78. The van der Waals surface area contributed by atoms with Crippen LogP contribution < -0.4 is 10.3 Å². The monoisotopic (exact) mass is 258 g/mol. The van der Waals surface area contributed by atoms with Crippen molar-refractivity contribution in [3.63, 3.8) is 0 Å². The van der Waals surface area contributed by atoms with E-state index in [2.05, 4.69) is 16.0 Å². The molecule has 0 saturated carbocycles. The Balaban J connectivity index is 2.82. The van der Waals surface area contributed by atoms with E-state index in [4.69, 9.17) is 4.74 Å². The molecule has 0 atom stereocenters. The number of aromatic amines is 1. The highest BCUT2D eigenvalue weighted by Gasteiger charge is 2.16. The maximum Gasteiger partial charge on any atom is 0.254 e. The number of hydrogen-bond donors (Lipinski definition) is 1. The Hall–Kier alpha value is -2.10. The molecule has 2 aromatic rings. The highest BCUT2D eigenvalue weighted by atomic mass is 16.5. The smallest absolute Gasteiger partial charge is 0.254 e. The van der Waals surface area contributed by atoms with Gasteiger partial charge in [0, 0.05) is 11.1 Å². The quantitative estimate of drug-likeness (QED) is 0.901. The summed E-state index contributed by atoms with van der Waals surface area (Å²) in [6.07, 6.45) is 0. The Labute approximate surface area is 112 Å². The van der Waals surface area contributed by atoms with Gasteiger partial charge in [0.05, 0.1) is 12.8 Å². The minimum absolute atomic E-state index is 0.107. The molecule has 0 aliphatic rings. The summed E-state index contributed by atoms with van der Waals surface area (Å²) in [5.41, 5.74) is 4.26. The van der Waals surface area contributed by atoms with E-state index in [1.54, 1.807) is 21.0 Å². The van der Waals surface area contributed by atoms with E-state index in [-0.39, 0.29) is 5.56 Å². The van der Waals surface area contributed by atoms with Crippen LogP contribution in [-0.4, -0.2) is 17.1 Å². The van der Waals surface area contributed by atoms with Crippen LogP contribution in [0, 0.1) is 27.7 Å². The molecule has 4 heteroatoms. The summed E-state index contributed by atoms with van der Waals surface area (Å²) in [6.45, 7) is 7.57. The Morgan fingerprint density at radius 2 is 1.84 bits per heavy atom. The number of hydrogen-bond acceptors (Lipinski definition) is 3. The first kappa shape index (κ1) is 13.3. The first-order valence-electron chi connectivity index (χ1n) is 6.17. The minimum atomic E-state index is -0.107. The van der Waals surface area contributed by atoms with Crippen molar-refractivity contribution in [1.29, 1.82) is 0 Å². The molecule has 0 amide bonds. The van der Waals surface area contributed by atoms with Crippen molar-refractivity contribution in [2.45, 2.75) is 27.7 Å². The Kier molecular flexibility index (Phi) is 3.42. The number of benzene rings is 1. The van der Waals surface area contributed by atoms with E-state index in [0.717, 1.165) is 22.4 Å². The van der Waals surface area contributed by atoms with Gasteiger partial charge in [0.2, 0.25) is 0 Å². The Bertz CT molecular complexity index is 687. The predicted octanol–water partition coefficient (Wildman–Crippen LogP) is 2.68. The number of aryl methyl sites for hydroxylation is 3. The Morgan fingerprint density at radius 1 is 1.16 bits per heavy atom. The number of H-pyrrole nitrogens is 1. The number of nitrogens with zero attached hydrogens (tertiary/aromatic N) is 1. The lowest BCUT2D eigenvalue weighted by Crippen LogP contribution is -2.15. The molecule has 2 rings (SSSR count). The standard InChI is InChI=1S/C15H18N2O2/c1-8-6-9(2)13(12(7-8)19-5)14-10(3)15(18)17-11(4)16-14/h6-7H,1-5H3,(H,16,17,18). The fourth-order valence-corrected chi connectivity index (χ4v) is 2.28. The molecule has 0 radical (unpaired) electrons. The largest absolute Gasteiger partial charge is 0.496 e. The highest BCUT2D eigenvalue weighted by molar-refractivity contribution is 5.73. The van der Waals surface area contributed by atoms with Crippen LogP contribution in [0.1, 0.15) is 22.5 Å². The van der Waals surface area contributed by atoms with E-state index in [9.17, 15) is 4.79 Å². The summed E-state index contributed by atoms with van der Waals surface area (Å²) in [5, 5.41) is 0. The van der Waals surface area contributed by atoms with E-state index < -0.39 is 0 Å². The molecule has 1 aromatic heterocycles. The molecule has 4 nitrogen and oxygen atoms in total. The summed E-state index contributed by atoms with van der Waals surface area (Å²) in [5.74, 6) is 1.35. The molecule has 0 saturated heterocycles. The molecule has 1 N–H and O–H groups in total. The lowest BCUT2D eigenvalue weighted by Gasteiger charge is -2.14. The number of ether oxygens (including phenoxy) is 1. The fourth-order valence-electron chi connectivity index (χ4n) is 2.28. The van der Waals surface area contributed by atoms with Gasteiger partial charge in [-0.3, -0.25) is 4.79 Å². The molecule has 100 valence electrons. The van der Waals surface area contributed by atoms with Gasteiger partial charge in [-0.25, -0.2) is 4.98 Å². The van der Waals surface area contributed by atoms with Gasteiger partial charge >= 0.3 is 0 Å². The molecule has 0 aliphatic heterocycles. The zero-order valence-electron chi connectivity index (χ0n) is 11.9. The fraction of sp³-hybridized carbons (Fsp3) is 0.333. The zero-order valence-corrected chi connectivity index (χ0v) is 11.9. The third kappa shape index (κ3) is 2.38. The summed E-state index contributed by atoms with van der Waals surface area (Å²) < 4.78 is 5.44. The van der Waals surface area contributed by atoms with Crippen LogP contribution in [0.3, 0.4) is 0 Å². The van der Waals surface area contributed by atoms with E-state index in [1.807, 2.05) is 19.9 Å². The van der Waals surface area contributed by atoms with Gasteiger partial charge in [0.1, 0.15) is 11.6 Å². The van der Waals surface area contributed by atoms with Gasteiger partial charge in [-0.15, -0.1) is 0 Å². The minimum Gasteiger partial charge on any atom is -0.496 e. The first-order chi connectivity index (χ1) is 8.93. The average molecular weight is 258 g/mol. The van der Waals surface area contributed by atoms with Crippen molar-refractivity contribution in [2.24, 2.45) is 0 Å². The second kappa shape index (κ2) is 4.88. The van der Waals surface area contributed by atoms with Gasteiger partial charge < -0.3 is 9.72 Å². The van der Waals surface area contributed by atoms with Crippen molar-refractivity contribution >= 4 is 0 Å². The first-order valence-corrected chi connectivity index (χ1v) is 6.17. The van der Waals surface area contributed by atoms with Crippen LogP contribution >= 0.6 is 0 Å². The molecule has 1 aromatic carbocycles. The zero-order chi connectivity index (χ0) is 14.2. The lowest BCUT2D eigenvalue weighted by atomic mass is 9.99. The van der Waals surface area contributed by atoms with Gasteiger partial charge in [-0.1, -0.05) is 6.07 Å². The number of nitrogens with one attached hydrogen (secondary N) is 1. The Morgan fingerprint density at radius 3 is 2.47 bits per heavy atom. The van der Waals surface area contributed by atoms with E-state index in [0.29, 0.717) is 17.1 Å². The average Bonchev–Trinajstić information content (AvgIpc) is 2.33. The van der Waals surface area contributed by atoms with Crippen molar-refractivity contribution in [2.75, 3.05) is 7.11 Å². The highest BCUT2D eigenvalue weighted by Crippen LogP contribution is 2.33. The van der Waals surface area contributed by atoms with Crippen molar-refractivity contribution in [3.8, 4) is 17.0 Å². The molecule has 0 unspecified atom stereocenters. The molecule has 1 heterocycles. The molecular formula is C15H18N2O2. The van der Waals surface area contributed by atoms with Gasteiger partial charge in [-0.05, 0) is 44.9 Å². The molecule has 0 aliphatic carbocycles. The number of methoxy groups -OCH3 is 1. The van der Waals surface area contributed by atoms with Crippen molar-refractivity contribution in [3.05, 3.63) is 45.0 Å². The topological polar surface area (TPSA) is 55.0 Å². The maximum absolute atomic E-state index is 11.9. The summed E-state index contributed by atoms with van der Waals surface area (Å²) >= 11 is 0. The third-order valence-electron chi connectivity index (χ3n) is 3.17. The summed E-state index contributed by atoms with van der Waals surface area (Å²) in [6, 6.07) is 4.02. The van der Waals surface area contributed by atoms with Crippen molar-refractivity contribution < 1.29 is 4.74 Å². The van der Waals surface area contributed by atoms with Crippen LogP contribution in [0.15, 0.2) is 16.9 Å². The molecule has 19 heavy (non-hydrogen) atoms. The van der Waals surface area contributed by atoms with Crippen LogP contribution in [0.4, 0.5) is 0 Å². The van der Waals surface area contributed by atoms with Gasteiger partial charge in [-0.2, -0.15) is 0 Å². The third-order valence-corrected chi connectivity index (χ3v) is 3.17. The van der Waals surface area contributed by atoms with Crippen LogP contribution in [0.25, 0.3) is 11.3 Å². The molecular weight excluding hydrogens is 240 g/mol. The van der Waals surface area contributed by atoms with Gasteiger partial charge in [0.25, 0.3) is 5.56 Å². The van der Waals surface area contributed by atoms with Crippen LogP contribution in [0.2, 0.25) is 0 Å². The molecule has 0 spiro atoms. The van der Waals surface area contributed by atoms with Crippen LogP contribution in [0.5, 0.6) is 5.75 Å². The van der Waals surface area contributed by atoms with Gasteiger partial charge in [0.15, 0.2) is 0 Å². The number of aromatic nitrogens is 2. The molecule has 0 fully saturated rings. The van der Waals surface area contributed by atoms with E-state index in [1.165, 1.54) is 0 Å². The summed E-state index contributed by atoms with van der Waals surface area (Å²) in [7, 11) is 1.63. The normalized spacial score (nSPS) is 10.6. The lowest BCUT2D eigenvalue weighted by molar-refractivity contribution is 0.415. The van der Waals surface area contributed by atoms with E-state index >= 15 is 0 Å². The maximum atomic E-state index is 11.9. The SMILES string of the molecule is COc1cc(C)cc(C)c1-c1nc(C)[nH]c(=O)c1C. The second-order valence-corrected chi connectivity index (χ2v) is 4.78. The van der Waals surface area contributed by atoms with Crippen molar-refractivity contribution in [1.82, 2.24) is 9.97 Å². The number of rotatable bonds is 2. The summed E-state index contributed by atoms with van der Waals surface area (Å²) in [4.78, 5) is 19.1. The van der Waals surface area contributed by atoms with Crippen LogP contribution in [-0.2, 0) is 0 Å². The molecule has 0 bridgehead atoms.